The molecule has 0 aliphatic carbocycles. The summed E-state index contributed by atoms with van der Waals surface area (Å²) in [6.45, 7) is 0. The minimum Gasteiger partial charge on any atom is -0.366 e. The van der Waals surface area contributed by atoms with Gasteiger partial charge in [0.15, 0.2) is 16.1 Å². The van der Waals surface area contributed by atoms with Gasteiger partial charge in [-0.25, -0.2) is 0 Å². The van der Waals surface area contributed by atoms with Crippen LogP contribution in [0, 0.1) is 49.4 Å². The van der Waals surface area contributed by atoms with E-state index < -0.39 is 47.8 Å². The van der Waals surface area contributed by atoms with E-state index in [1.807, 2.05) is 24.3 Å². The first-order valence-corrected chi connectivity index (χ1v) is 51.6. The number of fused-ring (bicyclic) bond motifs is 6. The second-order valence-corrected chi connectivity index (χ2v) is 47.7. The average molecular weight is 2410 g/mol. The van der Waals surface area contributed by atoms with Crippen LogP contribution in [0.2, 0.25) is 0 Å². The van der Waals surface area contributed by atoms with E-state index in [-0.39, 0.29) is 89.5 Å². The Morgan fingerprint density at radius 3 is 0.541 bits per heavy atom. The third-order valence-electron chi connectivity index (χ3n) is 22.9. The van der Waals surface area contributed by atoms with Gasteiger partial charge in [-0.05, 0) is 176 Å². The Bertz CT molecular complexity index is 5330. The molecule has 2 aliphatic heterocycles. The second kappa shape index (κ2) is 47.1. The molecule has 2 heterocycles. The Labute approximate surface area is 793 Å². The Kier molecular flexibility index (Phi) is 36.1. The zero-order chi connectivity index (χ0) is 80.6. The fraction of sp³-hybridized carbons (Fsp3) is 0.0714. The third kappa shape index (κ3) is 21.6. The van der Waals surface area contributed by atoms with Crippen molar-refractivity contribution >= 4 is 132 Å². The number of hydrogen-bond donors (Lipinski definition) is 0. The van der Waals surface area contributed by atoms with Crippen molar-refractivity contribution in [3.8, 4) is 45.9 Å². The summed E-state index contributed by atoms with van der Waals surface area (Å²) in [4.78, 5) is 0. The Morgan fingerprint density at radius 1 is 0.180 bits per heavy atom. The van der Waals surface area contributed by atoms with E-state index in [0.717, 1.165) is 22.3 Å². The molecule has 18 rings (SSSR count). The molecular weight excluding hydrogens is 2310 g/mol. The molecule has 0 unspecified atom stereocenters. The summed E-state index contributed by atoms with van der Waals surface area (Å²) in [6, 6.07) is 157. The van der Waals surface area contributed by atoms with Gasteiger partial charge in [-0.15, -0.1) is 70.8 Å². The fourth-order valence-electron chi connectivity index (χ4n) is 17.4. The summed E-state index contributed by atoms with van der Waals surface area (Å²) < 4.78 is 0. The van der Waals surface area contributed by atoms with Crippen molar-refractivity contribution in [3.05, 3.63) is 485 Å². The maximum atomic E-state index is 7.70. The average Bonchev–Trinajstić information content (AvgIpc) is 1.54. The minimum atomic E-state index is -2.52. The van der Waals surface area contributed by atoms with Crippen molar-refractivity contribution in [2.45, 2.75) is 25.7 Å². The smallest absolute Gasteiger partial charge is 0.366 e. The largest absolute Gasteiger partial charge is 1.00 e. The van der Waals surface area contributed by atoms with Crippen LogP contribution in [0.4, 0.5) is 0 Å². The van der Waals surface area contributed by atoms with Crippen LogP contribution in [0.25, 0.3) is 22.3 Å². The zero-order valence-electron chi connectivity index (χ0n) is 67.4. The van der Waals surface area contributed by atoms with Gasteiger partial charge in [-0.3, -0.25) is 23.7 Å². The van der Waals surface area contributed by atoms with Crippen LogP contribution in [0.15, 0.2) is 437 Å². The van der Waals surface area contributed by atoms with Gasteiger partial charge in [-0.2, -0.15) is 0 Å². The summed E-state index contributed by atoms with van der Waals surface area (Å²) >= 11 is 0. The molecule has 0 bridgehead atoms. The van der Waals surface area contributed by atoms with E-state index in [4.69, 9.17) is 25.7 Å². The van der Waals surface area contributed by atoms with E-state index in [1.165, 1.54) is 157 Å². The maximum absolute atomic E-state index is 7.70. The van der Waals surface area contributed by atoms with Crippen LogP contribution in [-0.2, 0) is 89.5 Å². The third-order valence-corrected chi connectivity index (χ3v) is 44.2. The van der Waals surface area contributed by atoms with E-state index in [2.05, 4.69) is 436 Å². The first-order chi connectivity index (χ1) is 58.4. The Hall–Kier alpha value is -9.13. The van der Waals surface area contributed by atoms with Crippen LogP contribution in [0.1, 0.15) is 47.9 Å². The van der Waals surface area contributed by atoms with Gasteiger partial charge in [0.05, 0.1) is 98.8 Å². The van der Waals surface area contributed by atoms with E-state index in [1.54, 1.807) is 0 Å². The van der Waals surface area contributed by atoms with Crippen molar-refractivity contribution in [1.82, 2.24) is 0 Å². The van der Waals surface area contributed by atoms with Crippen molar-refractivity contribution in [2.24, 2.45) is 0 Å². The molecule has 16 aromatic carbocycles. The van der Waals surface area contributed by atoms with Gasteiger partial charge in [0.25, 0.3) is 0 Å². The number of benzene rings is 16. The van der Waals surface area contributed by atoms with Crippen molar-refractivity contribution in [1.29, 1.82) is 0 Å². The summed E-state index contributed by atoms with van der Waals surface area (Å²) in [7, 11) is -7.90. The molecule has 0 fully saturated rings. The molecular formula is C112H92Au4P4Si2+4. The molecule has 16 aromatic rings. The van der Waals surface area contributed by atoms with Crippen molar-refractivity contribution in [3.63, 3.8) is 0 Å². The normalized spacial score (nSPS) is 11.7. The maximum Gasteiger partial charge on any atom is 1.00 e. The first kappa shape index (κ1) is 93.6. The molecule has 0 amide bonds. The van der Waals surface area contributed by atoms with Gasteiger partial charge < -0.3 is 25.7 Å². The van der Waals surface area contributed by atoms with Gasteiger partial charge in [-0.1, -0.05) is 302 Å². The fourth-order valence-corrected chi connectivity index (χ4v) is 38.6. The van der Waals surface area contributed by atoms with E-state index in [0.29, 0.717) is 0 Å². The van der Waals surface area contributed by atoms with Gasteiger partial charge >= 0.3 is 89.5 Å². The molecule has 122 heavy (non-hydrogen) atoms. The molecule has 608 valence electrons. The van der Waals surface area contributed by atoms with Crippen LogP contribution >= 0.6 is 31.7 Å². The van der Waals surface area contributed by atoms with Gasteiger partial charge in [0.1, 0.15) is 0 Å². The monoisotopic (exact) mass is 2400 g/mol. The summed E-state index contributed by atoms with van der Waals surface area (Å²) in [5.74, 6) is 10.2. The standard InChI is InChI=1S/2C28H28P2.2C28H16Si.4Au/c2*1-5-15-25(16-6-1)29(26-17-7-2-8-18-26)23-13-14-24-30(27-19-9-3-10-20-27)28-21-11-4-12-22-28;2*1-3-21-16-18-27-26(19-21)25-17-15-22(4-2)20-28(25)29(27,23-11-7-5-8-12-23)24-13-9-6-10-14-24;;;;/h2*1-12,15-22H,13-14,23-24H2;2*5-20H;;;;/q;;2*-2;4*+1/p+4. The number of hydrogen-bond acceptors (Lipinski definition) is 0. The molecule has 0 saturated carbocycles. The Balaban J connectivity index is 0.000000157. The molecule has 2 aliphatic rings. The molecule has 0 atom stereocenters. The first-order valence-electron chi connectivity index (χ1n) is 40.8. The summed E-state index contributed by atoms with van der Waals surface area (Å²) in [6.07, 6.45) is 41.0. The van der Waals surface area contributed by atoms with E-state index >= 15 is 0 Å². The van der Waals surface area contributed by atoms with Crippen molar-refractivity contribution < 1.29 is 89.5 Å². The second-order valence-electron chi connectivity index (χ2n) is 29.8. The Morgan fingerprint density at radius 2 is 0.352 bits per heavy atom. The predicted octanol–water partition coefficient (Wildman–Crippen LogP) is 16.8. The molecule has 0 aromatic heterocycles. The van der Waals surface area contributed by atoms with Gasteiger partial charge in [0.2, 0.25) is 0 Å². The topological polar surface area (TPSA) is 0 Å². The molecule has 0 N–H and O–H groups in total. The van der Waals surface area contributed by atoms with Crippen LogP contribution in [-0.4, -0.2) is 40.8 Å². The summed E-state index contributed by atoms with van der Waals surface area (Å²) in [5.41, 5.74) is 7.87. The van der Waals surface area contributed by atoms with E-state index in [9.17, 15) is 0 Å². The van der Waals surface area contributed by atoms with Crippen molar-refractivity contribution in [2.75, 3.05) is 24.6 Å². The van der Waals surface area contributed by atoms with Crippen LogP contribution in [0.3, 0.4) is 0 Å². The quantitative estimate of drug-likeness (QED) is 0.0209. The SMILES string of the molecule is [Au+].[Au+].[Au+].[Au+].[C-]#Cc1ccc2c(c1)-c1ccc(C#[C-])cc1[Si]2(c1ccccc1)c1ccccc1.[C-]#Cc1ccc2c(c1)-c1ccc(C#[C-])cc1[Si]2(c1ccccc1)c1ccccc1.c1ccc([PH+](CCCC[PH+](c2ccccc2)c2ccccc2)c2ccccc2)cc1.c1ccc([PH+](CCCC[PH+](c2ccccc2)c2ccccc2)c2ccccc2)cc1. The number of unbranched alkanes of at least 4 members (excludes halogenated alkanes) is 2. The molecule has 0 nitrogen and oxygen atoms in total. The molecule has 0 saturated heterocycles. The summed E-state index contributed by atoms with van der Waals surface area (Å²) in [5, 5.41) is 22.8. The molecule has 0 radical (unpaired) electrons. The number of rotatable bonds is 22. The molecule has 0 spiro atoms. The molecule has 10 heteroatoms. The minimum absolute atomic E-state index is 0. The van der Waals surface area contributed by atoms with Crippen LogP contribution < -0.4 is 83.9 Å². The zero-order valence-corrected chi connectivity index (χ0v) is 82.1. The van der Waals surface area contributed by atoms with Crippen LogP contribution in [0.5, 0.6) is 0 Å². The predicted molar refractivity (Wildman–Crippen MR) is 523 cm³/mol. The van der Waals surface area contributed by atoms with Gasteiger partial charge in [0, 0.05) is 0 Å².